The molecule has 142 valence electrons. The first-order valence-corrected chi connectivity index (χ1v) is 8.22. The van der Waals surface area contributed by atoms with E-state index in [1.807, 2.05) is 37.3 Å². The SMILES string of the molecule is CC(c1ccccc1)N(C)C(=O)COC(=O)COc1ccccc1[N+](=O)[O-]. The highest BCUT2D eigenvalue weighted by atomic mass is 16.6. The molecule has 2 rings (SSSR count). The normalized spacial score (nSPS) is 11.3. The van der Waals surface area contributed by atoms with Crippen LogP contribution in [-0.2, 0) is 14.3 Å². The molecule has 2 aromatic rings. The van der Waals surface area contributed by atoms with Crippen molar-refractivity contribution in [3.8, 4) is 5.75 Å². The lowest BCUT2D eigenvalue weighted by Gasteiger charge is -2.25. The molecule has 27 heavy (non-hydrogen) atoms. The Morgan fingerprint density at radius 1 is 1.07 bits per heavy atom. The van der Waals surface area contributed by atoms with Crippen LogP contribution in [0.25, 0.3) is 0 Å². The third-order valence-electron chi connectivity index (χ3n) is 4.02. The number of likely N-dealkylation sites (N-methyl/N-ethyl adjacent to an activating group) is 1. The summed E-state index contributed by atoms with van der Waals surface area (Å²) in [6, 6.07) is 15.0. The molecule has 0 heterocycles. The van der Waals surface area contributed by atoms with Crippen LogP contribution < -0.4 is 4.74 Å². The number of nitrogens with zero attached hydrogens (tertiary/aromatic N) is 2. The first-order chi connectivity index (χ1) is 12.9. The summed E-state index contributed by atoms with van der Waals surface area (Å²) in [5.74, 6) is -1.20. The minimum absolute atomic E-state index is 0.0411. The minimum atomic E-state index is -0.790. The zero-order valence-electron chi connectivity index (χ0n) is 15.0. The van der Waals surface area contributed by atoms with E-state index >= 15 is 0 Å². The molecule has 0 bridgehead atoms. The average Bonchev–Trinajstić information content (AvgIpc) is 2.70. The lowest BCUT2D eigenvalue weighted by molar-refractivity contribution is -0.385. The van der Waals surface area contributed by atoms with Gasteiger partial charge in [-0.1, -0.05) is 42.5 Å². The van der Waals surface area contributed by atoms with Crippen LogP contribution in [0.5, 0.6) is 5.75 Å². The van der Waals surface area contributed by atoms with Crippen molar-refractivity contribution in [3.05, 3.63) is 70.3 Å². The van der Waals surface area contributed by atoms with Crippen LogP contribution in [0.4, 0.5) is 5.69 Å². The smallest absolute Gasteiger partial charge is 0.344 e. The highest BCUT2D eigenvalue weighted by Gasteiger charge is 2.20. The molecule has 0 saturated carbocycles. The number of esters is 1. The van der Waals surface area contributed by atoms with Gasteiger partial charge in [0.1, 0.15) is 0 Å². The van der Waals surface area contributed by atoms with Crippen LogP contribution in [0.15, 0.2) is 54.6 Å². The van der Waals surface area contributed by atoms with Gasteiger partial charge in [0.2, 0.25) is 0 Å². The van der Waals surface area contributed by atoms with Crippen molar-refractivity contribution in [2.45, 2.75) is 13.0 Å². The van der Waals surface area contributed by atoms with Crippen molar-refractivity contribution in [3.63, 3.8) is 0 Å². The maximum Gasteiger partial charge on any atom is 0.344 e. The number of para-hydroxylation sites is 2. The number of ether oxygens (including phenoxy) is 2. The molecule has 2 aromatic carbocycles. The lowest BCUT2D eigenvalue weighted by Crippen LogP contribution is -2.34. The predicted molar refractivity (Wildman–Crippen MR) is 97.2 cm³/mol. The Hall–Kier alpha value is -3.42. The van der Waals surface area contributed by atoms with Gasteiger partial charge >= 0.3 is 11.7 Å². The molecule has 0 fully saturated rings. The summed E-state index contributed by atoms with van der Waals surface area (Å²) in [6.45, 7) is 0.898. The van der Waals surface area contributed by atoms with E-state index in [4.69, 9.17) is 9.47 Å². The molecule has 1 atom stereocenters. The third kappa shape index (κ3) is 5.53. The van der Waals surface area contributed by atoms with Gasteiger partial charge in [0.25, 0.3) is 5.91 Å². The molecule has 8 heteroatoms. The molecule has 0 aliphatic rings. The Bertz CT molecular complexity index is 809. The summed E-state index contributed by atoms with van der Waals surface area (Å²) in [7, 11) is 1.62. The van der Waals surface area contributed by atoms with E-state index < -0.39 is 24.1 Å². The molecule has 0 radical (unpaired) electrons. The molecule has 1 unspecified atom stereocenters. The Morgan fingerprint density at radius 2 is 1.70 bits per heavy atom. The molecule has 0 aliphatic heterocycles. The van der Waals surface area contributed by atoms with Gasteiger partial charge in [-0.05, 0) is 18.6 Å². The quantitative estimate of drug-likeness (QED) is 0.401. The number of nitro benzene ring substituents is 1. The van der Waals surface area contributed by atoms with E-state index in [0.717, 1.165) is 5.56 Å². The Morgan fingerprint density at radius 3 is 2.37 bits per heavy atom. The van der Waals surface area contributed by atoms with Crippen molar-refractivity contribution in [2.75, 3.05) is 20.3 Å². The Kier molecular flexibility index (Phi) is 6.87. The van der Waals surface area contributed by atoms with Crippen LogP contribution in [-0.4, -0.2) is 42.0 Å². The number of amides is 1. The molecule has 8 nitrogen and oxygen atoms in total. The van der Waals surface area contributed by atoms with E-state index in [2.05, 4.69) is 0 Å². The van der Waals surface area contributed by atoms with E-state index in [1.54, 1.807) is 13.1 Å². The fourth-order valence-corrected chi connectivity index (χ4v) is 2.32. The van der Waals surface area contributed by atoms with Crippen molar-refractivity contribution < 1.29 is 24.0 Å². The largest absolute Gasteiger partial charge is 0.475 e. The van der Waals surface area contributed by atoms with Gasteiger partial charge in [0, 0.05) is 13.1 Å². The standard InChI is InChI=1S/C19H20N2O6/c1-14(15-8-4-3-5-9-15)20(2)18(22)12-27-19(23)13-26-17-11-7-6-10-16(17)21(24)25/h3-11,14H,12-13H2,1-2H3. The van der Waals surface area contributed by atoms with E-state index in [1.165, 1.54) is 23.1 Å². The van der Waals surface area contributed by atoms with Gasteiger partial charge in [0.15, 0.2) is 19.0 Å². The van der Waals surface area contributed by atoms with Crippen LogP contribution in [0.1, 0.15) is 18.5 Å². The van der Waals surface area contributed by atoms with Gasteiger partial charge in [-0.2, -0.15) is 0 Å². The van der Waals surface area contributed by atoms with E-state index in [0.29, 0.717) is 0 Å². The van der Waals surface area contributed by atoms with Gasteiger partial charge in [-0.25, -0.2) is 4.79 Å². The summed E-state index contributed by atoms with van der Waals surface area (Å²) in [5, 5.41) is 10.9. The van der Waals surface area contributed by atoms with Gasteiger partial charge < -0.3 is 14.4 Å². The Labute approximate surface area is 156 Å². The monoisotopic (exact) mass is 372 g/mol. The highest BCUT2D eigenvalue weighted by molar-refractivity contribution is 5.81. The van der Waals surface area contributed by atoms with Crippen molar-refractivity contribution in [1.29, 1.82) is 0 Å². The molecule has 0 N–H and O–H groups in total. The maximum absolute atomic E-state index is 12.2. The van der Waals surface area contributed by atoms with Gasteiger partial charge in [-0.15, -0.1) is 0 Å². The number of hydrogen-bond donors (Lipinski definition) is 0. The van der Waals surface area contributed by atoms with Crippen molar-refractivity contribution in [2.24, 2.45) is 0 Å². The fourth-order valence-electron chi connectivity index (χ4n) is 2.32. The number of rotatable bonds is 8. The molecule has 0 spiro atoms. The van der Waals surface area contributed by atoms with Crippen LogP contribution >= 0.6 is 0 Å². The molecule has 0 aromatic heterocycles. The first-order valence-electron chi connectivity index (χ1n) is 8.22. The Balaban J connectivity index is 1.83. The molecule has 1 amide bonds. The number of benzene rings is 2. The number of carbonyl (C=O) groups is 2. The predicted octanol–water partition coefficient (Wildman–Crippen LogP) is 2.74. The summed E-state index contributed by atoms with van der Waals surface area (Å²) >= 11 is 0. The van der Waals surface area contributed by atoms with Crippen molar-refractivity contribution >= 4 is 17.6 Å². The topological polar surface area (TPSA) is 99.0 Å². The summed E-state index contributed by atoms with van der Waals surface area (Å²) in [6.07, 6.45) is 0. The molecule has 0 saturated heterocycles. The lowest BCUT2D eigenvalue weighted by atomic mass is 10.1. The molecular weight excluding hydrogens is 352 g/mol. The minimum Gasteiger partial charge on any atom is -0.475 e. The summed E-state index contributed by atoms with van der Waals surface area (Å²) in [5.41, 5.74) is 0.706. The zero-order chi connectivity index (χ0) is 19.8. The first kappa shape index (κ1) is 19.9. The van der Waals surface area contributed by atoms with E-state index in [-0.39, 0.29) is 23.4 Å². The van der Waals surface area contributed by atoms with Gasteiger partial charge in [0.05, 0.1) is 11.0 Å². The van der Waals surface area contributed by atoms with Gasteiger partial charge in [-0.3, -0.25) is 14.9 Å². The van der Waals surface area contributed by atoms with E-state index in [9.17, 15) is 19.7 Å². The zero-order valence-corrected chi connectivity index (χ0v) is 15.0. The van der Waals surface area contributed by atoms with Crippen LogP contribution in [0.3, 0.4) is 0 Å². The average molecular weight is 372 g/mol. The molecular formula is C19H20N2O6. The highest BCUT2D eigenvalue weighted by Crippen LogP contribution is 2.25. The number of carbonyl (C=O) groups excluding carboxylic acids is 2. The van der Waals surface area contributed by atoms with Crippen LogP contribution in [0, 0.1) is 10.1 Å². The second-order valence-corrected chi connectivity index (χ2v) is 5.77. The number of hydrogen-bond acceptors (Lipinski definition) is 6. The molecule has 0 aliphatic carbocycles. The van der Waals surface area contributed by atoms with Crippen molar-refractivity contribution in [1.82, 2.24) is 4.90 Å². The number of nitro groups is 1. The maximum atomic E-state index is 12.2. The summed E-state index contributed by atoms with van der Waals surface area (Å²) < 4.78 is 10.0. The fraction of sp³-hybridized carbons (Fsp3) is 0.263. The second-order valence-electron chi connectivity index (χ2n) is 5.77. The third-order valence-corrected chi connectivity index (χ3v) is 4.02. The second kappa shape index (κ2) is 9.33. The summed E-state index contributed by atoms with van der Waals surface area (Å²) in [4.78, 5) is 35.7. The van der Waals surface area contributed by atoms with Crippen LogP contribution in [0.2, 0.25) is 0 Å².